The Kier molecular flexibility index (Phi) is 15.3. The van der Waals surface area contributed by atoms with Crippen LogP contribution in [0.25, 0.3) is 0 Å². The van der Waals surface area contributed by atoms with Crippen molar-refractivity contribution < 1.29 is 0 Å². The molecule has 2 N–H and O–H groups in total. The van der Waals surface area contributed by atoms with Crippen LogP contribution in [0.15, 0.2) is 0 Å². The maximum absolute atomic E-state index is 3.55. The summed E-state index contributed by atoms with van der Waals surface area (Å²) >= 11 is 0. The highest BCUT2D eigenvalue weighted by Crippen LogP contribution is 2.03. The van der Waals surface area contributed by atoms with Crippen molar-refractivity contribution in [3.8, 4) is 0 Å². The summed E-state index contributed by atoms with van der Waals surface area (Å²) in [4.78, 5) is 0. The zero-order valence-corrected chi connectivity index (χ0v) is 14.6. The Morgan fingerprint density at radius 2 is 0.850 bits per heavy atom. The molecule has 122 valence electrons. The first-order chi connectivity index (χ1) is 9.63. The van der Waals surface area contributed by atoms with Gasteiger partial charge in [-0.25, -0.2) is 0 Å². The van der Waals surface area contributed by atoms with E-state index >= 15 is 0 Å². The molecule has 0 saturated carbocycles. The topological polar surface area (TPSA) is 24.1 Å². The molecular formula is C18H40N2. The maximum Gasteiger partial charge on any atom is -0.00488 e. The maximum atomic E-state index is 3.55. The summed E-state index contributed by atoms with van der Waals surface area (Å²) < 4.78 is 0. The number of rotatable bonds is 15. The molecular weight excluding hydrogens is 244 g/mol. The molecule has 0 spiro atoms. The molecule has 0 saturated heterocycles. The highest BCUT2D eigenvalue weighted by Gasteiger charge is 1.95. The van der Waals surface area contributed by atoms with Crippen LogP contribution in [0.1, 0.15) is 79.1 Å². The zero-order valence-electron chi connectivity index (χ0n) is 14.6. The predicted octanol–water partition coefficient (Wildman–Crippen LogP) is 4.60. The molecule has 0 heterocycles. The van der Waals surface area contributed by atoms with Crippen molar-refractivity contribution in [1.82, 2.24) is 10.6 Å². The number of nitrogens with one attached hydrogen (secondary N) is 2. The molecule has 20 heavy (non-hydrogen) atoms. The summed E-state index contributed by atoms with van der Waals surface area (Å²) in [5, 5.41) is 7.11. The van der Waals surface area contributed by atoms with Gasteiger partial charge in [-0.1, -0.05) is 40.5 Å². The average Bonchev–Trinajstić information content (AvgIpc) is 2.38. The second-order valence-corrected chi connectivity index (χ2v) is 6.99. The molecule has 0 unspecified atom stereocenters. The van der Waals surface area contributed by atoms with Crippen LogP contribution >= 0.6 is 0 Å². The highest BCUT2D eigenvalue weighted by atomic mass is 14.8. The fourth-order valence-electron chi connectivity index (χ4n) is 2.37. The van der Waals surface area contributed by atoms with E-state index in [4.69, 9.17) is 0 Å². The van der Waals surface area contributed by atoms with Crippen LogP contribution in [0.5, 0.6) is 0 Å². The Balaban J connectivity index is 2.96. The lowest BCUT2D eigenvalue weighted by atomic mass is 10.1. The van der Waals surface area contributed by atoms with Crippen LogP contribution in [0.4, 0.5) is 0 Å². The van der Waals surface area contributed by atoms with E-state index in [0.717, 1.165) is 11.8 Å². The summed E-state index contributed by atoms with van der Waals surface area (Å²) in [7, 11) is 0. The van der Waals surface area contributed by atoms with Gasteiger partial charge in [0.05, 0.1) is 0 Å². The highest BCUT2D eigenvalue weighted by molar-refractivity contribution is 4.54. The van der Waals surface area contributed by atoms with Crippen molar-refractivity contribution in [3.05, 3.63) is 0 Å². The molecule has 0 fully saturated rings. The van der Waals surface area contributed by atoms with E-state index in [1.54, 1.807) is 0 Å². The first-order valence-electron chi connectivity index (χ1n) is 9.04. The number of hydrogen-bond donors (Lipinski definition) is 2. The number of hydrogen-bond acceptors (Lipinski definition) is 2. The third-order valence-electron chi connectivity index (χ3n) is 3.73. The van der Waals surface area contributed by atoms with Crippen LogP contribution < -0.4 is 10.6 Å². The van der Waals surface area contributed by atoms with Crippen LogP contribution in [0.2, 0.25) is 0 Å². The van der Waals surface area contributed by atoms with Crippen molar-refractivity contribution >= 4 is 0 Å². The molecule has 0 radical (unpaired) electrons. The third-order valence-corrected chi connectivity index (χ3v) is 3.73. The lowest BCUT2D eigenvalue weighted by Gasteiger charge is -2.07. The predicted molar refractivity (Wildman–Crippen MR) is 92.4 cm³/mol. The molecule has 0 amide bonds. The van der Waals surface area contributed by atoms with Gasteiger partial charge in [0.25, 0.3) is 0 Å². The van der Waals surface area contributed by atoms with Crippen molar-refractivity contribution in [2.75, 3.05) is 26.2 Å². The van der Waals surface area contributed by atoms with Crippen LogP contribution in [0.3, 0.4) is 0 Å². The molecule has 0 aliphatic carbocycles. The van der Waals surface area contributed by atoms with Gasteiger partial charge in [-0.05, 0) is 76.5 Å². The summed E-state index contributed by atoms with van der Waals surface area (Å²) in [6, 6.07) is 0. The lowest BCUT2D eigenvalue weighted by molar-refractivity contribution is 0.505. The van der Waals surface area contributed by atoms with E-state index in [1.165, 1.54) is 77.5 Å². The zero-order chi connectivity index (χ0) is 15.1. The summed E-state index contributed by atoms with van der Waals surface area (Å²) in [6.45, 7) is 14.0. The quantitative estimate of drug-likeness (QED) is 0.430. The monoisotopic (exact) mass is 284 g/mol. The Morgan fingerprint density at radius 3 is 1.20 bits per heavy atom. The molecule has 0 aromatic carbocycles. The van der Waals surface area contributed by atoms with E-state index in [1.807, 2.05) is 0 Å². The smallest absolute Gasteiger partial charge is 0.00488 e. The van der Waals surface area contributed by atoms with Crippen molar-refractivity contribution in [2.45, 2.75) is 79.1 Å². The molecule has 0 aromatic heterocycles. The van der Waals surface area contributed by atoms with E-state index in [-0.39, 0.29) is 0 Å². The van der Waals surface area contributed by atoms with Gasteiger partial charge in [-0.3, -0.25) is 0 Å². The standard InChI is InChI=1S/C18H40N2/c1-17(2)11-9-15-19-13-7-5-6-8-14-20-16-10-12-18(3)4/h17-20H,5-16H2,1-4H3. The second kappa shape index (κ2) is 15.3. The molecule has 0 aliphatic rings. The van der Waals surface area contributed by atoms with Crippen LogP contribution in [-0.2, 0) is 0 Å². The molecule has 0 aromatic rings. The van der Waals surface area contributed by atoms with Gasteiger partial charge >= 0.3 is 0 Å². The first-order valence-corrected chi connectivity index (χ1v) is 9.04. The van der Waals surface area contributed by atoms with Gasteiger partial charge in [-0.2, -0.15) is 0 Å². The van der Waals surface area contributed by atoms with Crippen LogP contribution in [-0.4, -0.2) is 26.2 Å². The van der Waals surface area contributed by atoms with Gasteiger partial charge in [0.2, 0.25) is 0 Å². The van der Waals surface area contributed by atoms with Crippen molar-refractivity contribution in [2.24, 2.45) is 11.8 Å². The Hall–Kier alpha value is -0.0800. The van der Waals surface area contributed by atoms with Crippen LogP contribution in [0, 0.1) is 11.8 Å². The number of unbranched alkanes of at least 4 members (excludes halogenated alkanes) is 3. The molecule has 0 atom stereocenters. The van der Waals surface area contributed by atoms with Crippen molar-refractivity contribution in [3.63, 3.8) is 0 Å². The Bertz CT molecular complexity index is 158. The molecule has 0 aliphatic heterocycles. The lowest BCUT2D eigenvalue weighted by Crippen LogP contribution is -2.18. The fourth-order valence-corrected chi connectivity index (χ4v) is 2.37. The van der Waals surface area contributed by atoms with Gasteiger partial charge in [0.15, 0.2) is 0 Å². The normalized spacial score (nSPS) is 11.7. The second-order valence-electron chi connectivity index (χ2n) is 6.99. The van der Waals surface area contributed by atoms with Gasteiger partial charge in [-0.15, -0.1) is 0 Å². The molecule has 0 rings (SSSR count). The Morgan fingerprint density at radius 1 is 0.500 bits per heavy atom. The van der Waals surface area contributed by atoms with E-state index in [9.17, 15) is 0 Å². The van der Waals surface area contributed by atoms with E-state index in [0.29, 0.717) is 0 Å². The summed E-state index contributed by atoms with van der Waals surface area (Å²) in [5.74, 6) is 1.70. The minimum absolute atomic E-state index is 0.852. The van der Waals surface area contributed by atoms with Gasteiger partial charge in [0.1, 0.15) is 0 Å². The van der Waals surface area contributed by atoms with E-state index in [2.05, 4.69) is 38.3 Å². The van der Waals surface area contributed by atoms with Gasteiger partial charge < -0.3 is 10.6 Å². The largest absolute Gasteiger partial charge is 0.317 e. The molecule has 0 bridgehead atoms. The SMILES string of the molecule is CC(C)CCCNCCCCCCNCCCC(C)C. The first kappa shape index (κ1) is 19.9. The molecule has 2 nitrogen and oxygen atoms in total. The molecule has 2 heteroatoms. The Labute approximate surface area is 128 Å². The average molecular weight is 285 g/mol. The minimum Gasteiger partial charge on any atom is -0.317 e. The fraction of sp³-hybridized carbons (Fsp3) is 1.00. The summed E-state index contributed by atoms with van der Waals surface area (Å²) in [5.41, 5.74) is 0. The third kappa shape index (κ3) is 17.9. The summed E-state index contributed by atoms with van der Waals surface area (Å²) in [6.07, 6.45) is 10.8. The van der Waals surface area contributed by atoms with Gasteiger partial charge in [0, 0.05) is 0 Å². The van der Waals surface area contributed by atoms with Crippen molar-refractivity contribution in [1.29, 1.82) is 0 Å². The van der Waals surface area contributed by atoms with E-state index < -0.39 is 0 Å². The minimum atomic E-state index is 0.852.